The molecule has 0 unspecified atom stereocenters. The first-order chi connectivity index (χ1) is 18.0. The van der Waals surface area contributed by atoms with Gasteiger partial charge in [0.1, 0.15) is 6.04 Å². The highest BCUT2D eigenvalue weighted by Gasteiger charge is 2.32. The van der Waals surface area contributed by atoms with Gasteiger partial charge in [0.25, 0.3) is 0 Å². The van der Waals surface area contributed by atoms with E-state index in [9.17, 15) is 9.59 Å². The van der Waals surface area contributed by atoms with Crippen molar-refractivity contribution in [2.45, 2.75) is 83.8 Å². The lowest BCUT2D eigenvalue weighted by Gasteiger charge is -2.34. The Morgan fingerprint density at radius 2 is 1.51 bits per heavy atom. The van der Waals surface area contributed by atoms with Crippen molar-refractivity contribution in [3.8, 4) is 0 Å². The molecule has 4 rings (SSSR count). The molecule has 0 spiro atoms. The van der Waals surface area contributed by atoms with Crippen LogP contribution in [0, 0.1) is 13.8 Å². The second kappa shape index (κ2) is 13.2. The first kappa shape index (κ1) is 26.7. The molecule has 0 saturated heterocycles. The average Bonchev–Trinajstić information content (AvgIpc) is 2.92. The topological polar surface area (TPSA) is 49.4 Å². The maximum atomic E-state index is 13.9. The molecule has 0 bridgehead atoms. The molecular formula is C33H40N2O2. The van der Waals surface area contributed by atoms with Gasteiger partial charge in [-0.15, -0.1) is 0 Å². The Hall–Kier alpha value is -3.40. The van der Waals surface area contributed by atoms with Crippen LogP contribution in [-0.2, 0) is 29.0 Å². The Morgan fingerprint density at radius 3 is 2.22 bits per heavy atom. The molecule has 4 heteroatoms. The lowest BCUT2D eigenvalue weighted by Crippen LogP contribution is -2.53. The Bertz CT molecular complexity index is 1150. The summed E-state index contributed by atoms with van der Waals surface area (Å²) in [5, 5.41) is 3.32. The molecule has 4 nitrogen and oxygen atoms in total. The molecule has 0 radical (unpaired) electrons. The molecule has 1 saturated carbocycles. The van der Waals surface area contributed by atoms with Gasteiger partial charge < -0.3 is 10.2 Å². The summed E-state index contributed by atoms with van der Waals surface area (Å²) in [6, 6.07) is 26.2. The van der Waals surface area contributed by atoms with E-state index in [1.54, 1.807) is 0 Å². The molecule has 1 aliphatic carbocycles. The summed E-state index contributed by atoms with van der Waals surface area (Å²) in [5.74, 6) is -0.0171. The molecule has 1 atom stereocenters. The standard InChI is InChI=1S/C33H40N2O2/c1-25-17-19-27(20-18-25)21-22-32(36)35(24-29-14-10-9-11-26(29)2)31(23-28-12-5-3-6-13-28)33(37)34-30-15-7-4-8-16-30/h3,5-6,9-14,17-20,30-31H,4,7-8,15-16,21-24H2,1-2H3,(H,34,37)/t31-/m1/s1. The molecule has 3 aromatic carbocycles. The van der Waals surface area contributed by atoms with Gasteiger partial charge in [0, 0.05) is 25.4 Å². The molecule has 194 valence electrons. The van der Waals surface area contributed by atoms with Crippen LogP contribution in [0.5, 0.6) is 0 Å². The molecule has 0 heterocycles. The van der Waals surface area contributed by atoms with Crippen LogP contribution in [0.4, 0.5) is 0 Å². The monoisotopic (exact) mass is 496 g/mol. The van der Waals surface area contributed by atoms with E-state index >= 15 is 0 Å². The first-order valence-corrected chi connectivity index (χ1v) is 13.7. The normalized spacial score (nSPS) is 14.6. The van der Waals surface area contributed by atoms with Crippen molar-refractivity contribution < 1.29 is 9.59 Å². The summed E-state index contributed by atoms with van der Waals surface area (Å²) in [6.07, 6.45) is 7.10. The van der Waals surface area contributed by atoms with E-state index in [2.05, 4.69) is 55.6 Å². The van der Waals surface area contributed by atoms with Gasteiger partial charge in [-0.3, -0.25) is 9.59 Å². The number of hydrogen-bond acceptors (Lipinski definition) is 2. The van der Waals surface area contributed by atoms with E-state index < -0.39 is 6.04 Å². The number of amides is 2. The summed E-state index contributed by atoms with van der Waals surface area (Å²) in [7, 11) is 0. The molecule has 37 heavy (non-hydrogen) atoms. The van der Waals surface area contributed by atoms with E-state index in [-0.39, 0.29) is 17.9 Å². The molecule has 1 N–H and O–H groups in total. The van der Waals surface area contributed by atoms with Gasteiger partial charge in [-0.1, -0.05) is 104 Å². The maximum Gasteiger partial charge on any atom is 0.243 e. The predicted octanol–water partition coefficient (Wildman–Crippen LogP) is 6.33. The third kappa shape index (κ3) is 7.79. The van der Waals surface area contributed by atoms with Gasteiger partial charge in [-0.05, 0) is 55.4 Å². The minimum Gasteiger partial charge on any atom is -0.352 e. The summed E-state index contributed by atoms with van der Waals surface area (Å²) >= 11 is 0. The number of carbonyl (C=O) groups is 2. The second-order valence-corrected chi connectivity index (χ2v) is 10.5. The van der Waals surface area contributed by atoms with Crippen molar-refractivity contribution in [1.29, 1.82) is 0 Å². The fourth-order valence-electron chi connectivity index (χ4n) is 5.22. The third-order valence-electron chi connectivity index (χ3n) is 7.57. The van der Waals surface area contributed by atoms with Gasteiger partial charge in [0.15, 0.2) is 0 Å². The summed E-state index contributed by atoms with van der Waals surface area (Å²) in [4.78, 5) is 29.6. The van der Waals surface area contributed by atoms with Gasteiger partial charge in [0.2, 0.25) is 11.8 Å². The summed E-state index contributed by atoms with van der Waals surface area (Å²) in [5.41, 5.74) is 5.62. The van der Waals surface area contributed by atoms with Crippen LogP contribution in [0.2, 0.25) is 0 Å². The lowest BCUT2D eigenvalue weighted by atomic mass is 9.94. The third-order valence-corrected chi connectivity index (χ3v) is 7.57. The maximum absolute atomic E-state index is 13.9. The van der Waals surface area contributed by atoms with Crippen LogP contribution in [0.3, 0.4) is 0 Å². The van der Waals surface area contributed by atoms with Crippen molar-refractivity contribution in [3.63, 3.8) is 0 Å². The fraction of sp³-hybridized carbons (Fsp3) is 0.394. The zero-order valence-electron chi connectivity index (χ0n) is 22.3. The summed E-state index contributed by atoms with van der Waals surface area (Å²) < 4.78 is 0. The fourth-order valence-corrected chi connectivity index (χ4v) is 5.22. The van der Waals surface area contributed by atoms with E-state index in [1.807, 2.05) is 47.4 Å². The Morgan fingerprint density at radius 1 is 0.838 bits per heavy atom. The number of nitrogens with zero attached hydrogens (tertiary/aromatic N) is 1. The van der Waals surface area contributed by atoms with E-state index in [0.717, 1.165) is 47.9 Å². The van der Waals surface area contributed by atoms with Crippen molar-refractivity contribution in [1.82, 2.24) is 10.2 Å². The lowest BCUT2D eigenvalue weighted by molar-refractivity contribution is -0.141. The number of rotatable bonds is 10. The molecule has 1 fully saturated rings. The number of hydrogen-bond donors (Lipinski definition) is 1. The zero-order valence-corrected chi connectivity index (χ0v) is 22.3. The van der Waals surface area contributed by atoms with Crippen molar-refractivity contribution in [2.75, 3.05) is 0 Å². The van der Waals surface area contributed by atoms with Crippen LogP contribution >= 0.6 is 0 Å². The minimum atomic E-state index is -0.561. The quantitative estimate of drug-likeness (QED) is 0.357. The molecule has 0 aromatic heterocycles. The number of carbonyl (C=O) groups excluding carboxylic acids is 2. The van der Waals surface area contributed by atoms with E-state index in [1.165, 1.54) is 12.0 Å². The van der Waals surface area contributed by atoms with Gasteiger partial charge in [0.05, 0.1) is 0 Å². The zero-order chi connectivity index (χ0) is 26.0. The van der Waals surface area contributed by atoms with Crippen LogP contribution in [0.25, 0.3) is 0 Å². The smallest absolute Gasteiger partial charge is 0.243 e. The van der Waals surface area contributed by atoms with Crippen LogP contribution < -0.4 is 5.32 Å². The highest BCUT2D eigenvalue weighted by molar-refractivity contribution is 5.88. The Kier molecular flexibility index (Phi) is 9.53. The predicted molar refractivity (Wildman–Crippen MR) is 150 cm³/mol. The summed E-state index contributed by atoms with van der Waals surface area (Å²) in [6.45, 7) is 4.56. The largest absolute Gasteiger partial charge is 0.352 e. The van der Waals surface area contributed by atoms with E-state index in [0.29, 0.717) is 25.8 Å². The number of nitrogens with one attached hydrogen (secondary N) is 1. The van der Waals surface area contributed by atoms with Gasteiger partial charge >= 0.3 is 0 Å². The van der Waals surface area contributed by atoms with Crippen molar-refractivity contribution in [3.05, 3.63) is 107 Å². The Balaban J connectivity index is 1.61. The number of benzene rings is 3. The van der Waals surface area contributed by atoms with Crippen molar-refractivity contribution >= 4 is 11.8 Å². The highest BCUT2D eigenvalue weighted by Crippen LogP contribution is 2.21. The highest BCUT2D eigenvalue weighted by atomic mass is 16.2. The van der Waals surface area contributed by atoms with Gasteiger partial charge in [-0.2, -0.15) is 0 Å². The van der Waals surface area contributed by atoms with Crippen LogP contribution in [0.15, 0.2) is 78.9 Å². The first-order valence-electron chi connectivity index (χ1n) is 13.7. The van der Waals surface area contributed by atoms with Gasteiger partial charge in [-0.25, -0.2) is 0 Å². The number of aryl methyl sites for hydroxylation is 3. The van der Waals surface area contributed by atoms with Crippen LogP contribution in [0.1, 0.15) is 66.3 Å². The molecule has 0 aliphatic heterocycles. The minimum absolute atomic E-state index is 0.0172. The Labute approximate surface area is 222 Å². The average molecular weight is 497 g/mol. The molecule has 2 amide bonds. The molecule has 3 aromatic rings. The van der Waals surface area contributed by atoms with Crippen molar-refractivity contribution in [2.24, 2.45) is 0 Å². The van der Waals surface area contributed by atoms with E-state index in [4.69, 9.17) is 0 Å². The SMILES string of the molecule is Cc1ccc(CCC(=O)N(Cc2ccccc2C)[C@H](Cc2ccccc2)C(=O)NC2CCCCC2)cc1. The molecule has 1 aliphatic rings. The van der Waals surface area contributed by atoms with Crippen LogP contribution in [-0.4, -0.2) is 28.8 Å². The molecular weight excluding hydrogens is 456 g/mol. The second-order valence-electron chi connectivity index (χ2n) is 10.5.